The lowest BCUT2D eigenvalue weighted by atomic mass is 10.0. The van der Waals surface area contributed by atoms with Gasteiger partial charge in [0.15, 0.2) is 11.5 Å². The van der Waals surface area contributed by atoms with Crippen LogP contribution in [-0.4, -0.2) is 43.0 Å². The predicted octanol–water partition coefficient (Wildman–Crippen LogP) is 3.59. The van der Waals surface area contributed by atoms with Crippen molar-refractivity contribution in [1.29, 1.82) is 0 Å². The number of likely N-dealkylation sites (tertiary alicyclic amines) is 1. The van der Waals surface area contributed by atoms with Crippen molar-refractivity contribution in [3.05, 3.63) is 58.6 Å². The number of benzene rings is 2. The second-order valence-corrected chi connectivity index (χ2v) is 7.54. The van der Waals surface area contributed by atoms with Crippen molar-refractivity contribution in [1.82, 2.24) is 10.2 Å². The van der Waals surface area contributed by atoms with Crippen molar-refractivity contribution in [2.75, 3.05) is 26.3 Å². The molecule has 2 aromatic carbocycles. The topological polar surface area (TPSA) is 67.9 Å². The first-order chi connectivity index (χ1) is 14.1. The molecule has 4 rings (SSSR count). The molecule has 152 valence electrons. The number of rotatable bonds is 5. The molecule has 7 heteroatoms. The molecule has 2 heterocycles. The minimum absolute atomic E-state index is 0.0256. The molecule has 1 atom stereocenters. The van der Waals surface area contributed by atoms with E-state index >= 15 is 0 Å². The highest BCUT2D eigenvalue weighted by atomic mass is 35.5. The lowest BCUT2D eigenvalue weighted by Gasteiger charge is -2.27. The Bertz CT molecular complexity index is 917. The molecule has 29 heavy (non-hydrogen) atoms. The summed E-state index contributed by atoms with van der Waals surface area (Å²) in [6, 6.07) is 12.8. The maximum absolute atomic E-state index is 12.8. The maximum Gasteiger partial charge on any atom is 0.252 e. The van der Waals surface area contributed by atoms with E-state index in [0.29, 0.717) is 23.8 Å². The van der Waals surface area contributed by atoms with Gasteiger partial charge in [-0.05, 0) is 42.7 Å². The van der Waals surface area contributed by atoms with Gasteiger partial charge in [-0.15, -0.1) is 0 Å². The molecule has 0 unspecified atom stereocenters. The molecule has 0 spiro atoms. The molecule has 1 saturated heterocycles. The van der Waals surface area contributed by atoms with Gasteiger partial charge in [-0.3, -0.25) is 9.59 Å². The van der Waals surface area contributed by atoms with Gasteiger partial charge in [0.1, 0.15) is 13.2 Å². The lowest BCUT2D eigenvalue weighted by molar-refractivity contribution is -0.132. The van der Waals surface area contributed by atoms with Crippen LogP contribution < -0.4 is 14.8 Å². The van der Waals surface area contributed by atoms with Crippen LogP contribution in [0.5, 0.6) is 11.5 Å². The van der Waals surface area contributed by atoms with Gasteiger partial charge in [0.2, 0.25) is 5.91 Å². The number of hydrogen-bond acceptors (Lipinski definition) is 4. The van der Waals surface area contributed by atoms with Crippen molar-refractivity contribution in [3.63, 3.8) is 0 Å². The van der Waals surface area contributed by atoms with E-state index in [-0.39, 0.29) is 30.8 Å². The first-order valence-electron chi connectivity index (χ1n) is 9.85. The third-order valence-corrected chi connectivity index (χ3v) is 5.60. The fourth-order valence-electron chi connectivity index (χ4n) is 3.85. The molecule has 0 aliphatic carbocycles. The van der Waals surface area contributed by atoms with Gasteiger partial charge in [0.05, 0.1) is 16.6 Å². The third kappa shape index (κ3) is 4.32. The van der Waals surface area contributed by atoms with Gasteiger partial charge in [-0.25, -0.2) is 0 Å². The molecule has 0 bridgehead atoms. The summed E-state index contributed by atoms with van der Waals surface area (Å²) < 4.78 is 11.3. The summed E-state index contributed by atoms with van der Waals surface area (Å²) in [6.07, 6.45) is 2.12. The molecule has 2 aromatic rings. The normalized spacial score (nSPS) is 17.8. The Balaban J connectivity index is 1.36. The van der Waals surface area contributed by atoms with Crippen LogP contribution in [0.4, 0.5) is 0 Å². The second kappa shape index (κ2) is 8.74. The Morgan fingerprint density at radius 1 is 1.10 bits per heavy atom. The van der Waals surface area contributed by atoms with Crippen LogP contribution >= 0.6 is 11.6 Å². The van der Waals surface area contributed by atoms with E-state index in [2.05, 4.69) is 5.32 Å². The monoisotopic (exact) mass is 414 g/mol. The Kier molecular flexibility index (Phi) is 5.90. The number of carbonyl (C=O) groups excluding carboxylic acids is 2. The highest BCUT2D eigenvalue weighted by Crippen LogP contribution is 2.38. The molecule has 6 nitrogen and oxygen atoms in total. The van der Waals surface area contributed by atoms with Crippen molar-refractivity contribution in [3.8, 4) is 11.5 Å². The summed E-state index contributed by atoms with van der Waals surface area (Å²) in [5.41, 5.74) is 1.47. The van der Waals surface area contributed by atoms with Gasteiger partial charge in [0.25, 0.3) is 5.91 Å². The molecule has 0 aromatic heterocycles. The van der Waals surface area contributed by atoms with Gasteiger partial charge < -0.3 is 19.7 Å². The number of amides is 2. The first-order valence-corrected chi connectivity index (χ1v) is 10.2. The minimum Gasteiger partial charge on any atom is -0.486 e. The summed E-state index contributed by atoms with van der Waals surface area (Å²) in [4.78, 5) is 26.9. The summed E-state index contributed by atoms with van der Waals surface area (Å²) in [5, 5.41) is 3.18. The number of nitrogens with zero attached hydrogens (tertiary/aromatic N) is 1. The van der Waals surface area contributed by atoms with Gasteiger partial charge in [0, 0.05) is 19.5 Å². The zero-order chi connectivity index (χ0) is 20.2. The average Bonchev–Trinajstić information content (AvgIpc) is 3.23. The molecule has 0 saturated carbocycles. The van der Waals surface area contributed by atoms with Gasteiger partial charge in [-0.1, -0.05) is 29.8 Å². The van der Waals surface area contributed by atoms with E-state index in [1.165, 1.54) is 0 Å². The van der Waals surface area contributed by atoms with E-state index < -0.39 is 0 Å². The van der Waals surface area contributed by atoms with E-state index in [1.54, 1.807) is 24.3 Å². The number of hydrogen-bond donors (Lipinski definition) is 1. The lowest BCUT2D eigenvalue weighted by Crippen LogP contribution is -2.34. The number of ether oxygens (including phenoxy) is 2. The molecule has 1 N–H and O–H groups in total. The molecule has 2 aliphatic heterocycles. The van der Waals surface area contributed by atoms with Crippen LogP contribution in [0.2, 0.25) is 5.02 Å². The van der Waals surface area contributed by atoms with Crippen molar-refractivity contribution >= 4 is 23.4 Å². The van der Waals surface area contributed by atoms with E-state index in [9.17, 15) is 9.59 Å². The summed E-state index contributed by atoms with van der Waals surface area (Å²) >= 11 is 6.05. The molecule has 0 radical (unpaired) electrons. The zero-order valence-corrected chi connectivity index (χ0v) is 16.8. The van der Waals surface area contributed by atoms with Crippen LogP contribution in [-0.2, 0) is 4.79 Å². The van der Waals surface area contributed by atoms with Gasteiger partial charge in [-0.2, -0.15) is 0 Å². The summed E-state index contributed by atoms with van der Waals surface area (Å²) in [5.74, 6) is 1.24. The van der Waals surface area contributed by atoms with E-state index in [4.69, 9.17) is 21.1 Å². The fraction of sp³-hybridized carbons (Fsp3) is 0.364. The molecule has 1 fully saturated rings. The molecule has 2 aliphatic rings. The maximum atomic E-state index is 12.8. The number of carbonyl (C=O) groups is 2. The number of nitrogens with one attached hydrogen (secondary N) is 1. The Morgan fingerprint density at radius 3 is 2.72 bits per heavy atom. The van der Waals surface area contributed by atoms with Crippen LogP contribution in [0, 0.1) is 0 Å². The van der Waals surface area contributed by atoms with E-state index in [0.717, 1.165) is 36.4 Å². The minimum atomic E-state index is -0.270. The summed E-state index contributed by atoms with van der Waals surface area (Å²) in [6.45, 7) is 2.08. The van der Waals surface area contributed by atoms with Crippen molar-refractivity contribution < 1.29 is 19.1 Å². The zero-order valence-electron chi connectivity index (χ0n) is 16.0. The van der Waals surface area contributed by atoms with Gasteiger partial charge >= 0.3 is 0 Å². The van der Waals surface area contributed by atoms with Crippen LogP contribution in [0.15, 0.2) is 42.5 Å². The third-order valence-electron chi connectivity index (χ3n) is 5.27. The predicted molar refractivity (Wildman–Crippen MR) is 110 cm³/mol. The smallest absolute Gasteiger partial charge is 0.252 e. The van der Waals surface area contributed by atoms with E-state index in [1.807, 2.05) is 23.1 Å². The Hall–Kier alpha value is -2.73. The summed E-state index contributed by atoms with van der Waals surface area (Å²) in [7, 11) is 0. The largest absolute Gasteiger partial charge is 0.486 e. The van der Waals surface area contributed by atoms with Crippen LogP contribution in [0.3, 0.4) is 0 Å². The first kappa shape index (κ1) is 19.6. The average molecular weight is 415 g/mol. The quantitative estimate of drug-likeness (QED) is 0.811. The van der Waals surface area contributed by atoms with Crippen LogP contribution in [0.25, 0.3) is 0 Å². The molecule has 2 amide bonds. The number of halogens is 1. The van der Waals surface area contributed by atoms with Crippen LogP contribution in [0.1, 0.15) is 41.2 Å². The highest BCUT2D eigenvalue weighted by molar-refractivity contribution is 6.33. The fourth-order valence-corrected chi connectivity index (χ4v) is 4.07. The highest BCUT2D eigenvalue weighted by Gasteiger charge is 2.30. The second-order valence-electron chi connectivity index (χ2n) is 7.13. The van der Waals surface area contributed by atoms with Crippen molar-refractivity contribution in [2.45, 2.75) is 25.3 Å². The Morgan fingerprint density at radius 2 is 1.90 bits per heavy atom. The SMILES string of the molecule is O=C(NCCC(=O)N1CCC[C@H]1c1ccc2c(c1)OCCO2)c1ccccc1Cl. The number of fused-ring (bicyclic) bond motifs is 1. The molecular weight excluding hydrogens is 392 g/mol. The standard InChI is InChI=1S/C22H23ClN2O4/c23-17-5-2-1-4-16(17)22(27)24-10-9-21(26)25-11-3-6-18(25)15-7-8-19-20(14-15)29-13-12-28-19/h1-2,4-5,7-8,14,18H,3,6,9-13H2,(H,24,27)/t18-/m0/s1. The Labute approximate surface area is 174 Å². The molecular formula is C22H23ClN2O4. The van der Waals surface area contributed by atoms with Crippen molar-refractivity contribution in [2.24, 2.45) is 0 Å².